The molecule has 0 aromatic heterocycles. The third-order valence-corrected chi connectivity index (χ3v) is 6.91. The lowest BCUT2D eigenvalue weighted by Crippen LogP contribution is -2.23. The third-order valence-electron chi connectivity index (χ3n) is 5.85. The van der Waals surface area contributed by atoms with Gasteiger partial charge in [-0.05, 0) is 86.6 Å². The van der Waals surface area contributed by atoms with Crippen LogP contribution in [0.4, 0.5) is 11.4 Å². The summed E-state index contributed by atoms with van der Waals surface area (Å²) in [6, 6.07) is 19.5. The van der Waals surface area contributed by atoms with Gasteiger partial charge in [0.15, 0.2) is 23.3 Å². The van der Waals surface area contributed by atoms with E-state index in [0.29, 0.717) is 45.1 Å². The van der Waals surface area contributed by atoms with Gasteiger partial charge in [0, 0.05) is 12.7 Å². The summed E-state index contributed by atoms with van der Waals surface area (Å²) in [5, 5.41) is 3.28. The summed E-state index contributed by atoms with van der Waals surface area (Å²) in [5.74, 6) is -0.0553. The average Bonchev–Trinajstić information content (AvgIpc) is 3.21. The van der Waals surface area contributed by atoms with E-state index >= 15 is 0 Å². The zero-order valence-electron chi connectivity index (χ0n) is 23.3. The smallest absolute Gasteiger partial charge is 0.338 e. The molecular formula is C31H31N3O6S. The average molecular weight is 574 g/mol. The molecule has 1 aliphatic heterocycles. The SMILES string of the molecule is CCOC(=O)c1cccc(N=C2SC(=Cc3ccc(OCC(=O)Nc4ccc(C)cc4)c(OCC)c3)C(=O)N2C)c1. The van der Waals surface area contributed by atoms with Crippen molar-refractivity contribution in [1.82, 2.24) is 4.90 Å². The lowest BCUT2D eigenvalue weighted by molar-refractivity contribution is -0.121. The molecule has 0 radical (unpaired) electrons. The van der Waals surface area contributed by atoms with Gasteiger partial charge in [-0.3, -0.25) is 14.5 Å². The van der Waals surface area contributed by atoms with Crippen LogP contribution in [0.25, 0.3) is 6.08 Å². The van der Waals surface area contributed by atoms with Gasteiger partial charge in [0.1, 0.15) is 0 Å². The van der Waals surface area contributed by atoms with Crippen LogP contribution in [-0.4, -0.2) is 54.7 Å². The summed E-state index contributed by atoms with van der Waals surface area (Å²) in [7, 11) is 1.65. The minimum absolute atomic E-state index is 0.190. The number of aliphatic imine (C=N–C) groups is 1. The van der Waals surface area contributed by atoms with Crippen molar-refractivity contribution < 1.29 is 28.6 Å². The number of nitrogens with one attached hydrogen (secondary N) is 1. The van der Waals surface area contributed by atoms with Crippen LogP contribution in [0.5, 0.6) is 11.5 Å². The molecule has 0 aliphatic carbocycles. The molecule has 41 heavy (non-hydrogen) atoms. The van der Waals surface area contributed by atoms with Gasteiger partial charge in [-0.1, -0.05) is 29.8 Å². The second-order valence-corrected chi connectivity index (χ2v) is 9.99. The van der Waals surface area contributed by atoms with E-state index < -0.39 is 5.97 Å². The van der Waals surface area contributed by atoms with E-state index in [1.165, 1.54) is 16.7 Å². The minimum Gasteiger partial charge on any atom is -0.490 e. The molecule has 0 spiro atoms. The Balaban J connectivity index is 1.47. The number of hydrogen-bond acceptors (Lipinski definition) is 8. The van der Waals surface area contributed by atoms with E-state index in [1.807, 2.05) is 38.1 Å². The van der Waals surface area contributed by atoms with Crippen molar-refractivity contribution in [3.63, 3.8) is 0 Å². The summed E-state index contributed by atoms with van der Waals surface area (Å²) in [5.41, 5.74) is 3.43. The van der Waals surface area contributed by atoms with Gasteiger partial charge in [-0.2, -0.15) is 0 Å². The van der Waals surface area contributed by atoms with Gasteiger partial charge in [0.2, 0.25) is 0 Å². The summed E-state index contributed by atoms with van der Waals surface area (Å²) >= 11 is 1.23. The van der Waals surface area contributed by atoms with E-state index in [9.17, 15) is 14.4 Å². The molecule has 1 fully saturated rings. The summed E-state index contributed by atoms with van der Waals surface area (Å²) in [6.45, 7) is 6.05. The van der Waals surface area contributed by atoms with Crippen LogP contribution in [0.2, 0.25) is 0 Å². The summed E-state index contributed by atoms with van der Waals surface area (Å²) in [6.07, 6.45) is 1.75. The summed E-state index contributed by atoms with van der Waals surface area (Å²) in [4.78, 5) is 43.9. The zero-order valence-corrected chi connectivity index (χ0v) is 24.1. The molecule has 1 N–H and O–H groups in total. The van der Waals surface area contributed by atoms with Crippen LogP contribution in [0, 0.1) is 6.92 Å². The van der Waals surface area contributed by atoms with Crippen LogP contribution in [0.3, 0.4) is 0 Å². The van der Waals surface area contributed by atoms with E-state index in [1.54, 1.807) is 62.5 Å². The Morgan fingerprint density at radius 3 is 2.49 bits per heavy atom. The van der Waals surface area contributed by atoms with E-state index in [0.717, 1.165) is 11.1 Å². The highest BCUT2D eigenvalue weighted by molar-refractivity contribution is 8.18. The Morgan fingerprint density at radius 1 is 0.976 bits per heavy atom. The van der Waals surface area contributed by atoms with Gasteiger partial charge in [0.05, 0.1) is 29.4 Å². The third kappa shape index (κ3) is 7.76. The number of benzene rings is 3. The van der Waals surface area contributed by atoms with Crippen molar-refractivity contribution in [2.75, 3.05) is 32.2 Å². The molecular weight excluding hydrogens is 542 g/mol. The molecule has 3 aromatic rings. The van der Waals surface area contributed by atoms with Crippen molar-refractivity contribution >= 4 is 52.2 Å². The number of aryl methyl sites for hydroxylation is 1. The zero-order chi connectivity index (χ0) is 29.4. The molecule has 4 rings (SSSR count). The van der Waals surface area contributed by atoms with Gasteiger partial charge < -0.3 is 19.5 Å². The quantitative estimate of drug-likeness (QED) is 0.241. The fraction of sp³-hybridized carbons (Fsp3) is 0.226. The first-order valence-corrected chi connectivity index (χ1v) is 13.9. The van der Waals surface area contributed by atoms with Crippen molar-refractivity contribution in [3.8, 4) is 11.5 Å². The summed E-state index contributed by atoms with van der Waals surface area (Å²) < 4.78 is 16.6. The number of rotatable bonds is 10. The number of esters is 1. The molecule has 0 bridgehead atoms. The number of amidine groups is 1. The Kier molecular flexibility index (Phi) is 9.81. The number of amides is 2. The van der Waals surface area contributed by atoms with E-state index in [-0.39, 0.29) is 25.0 Å². The second kappa shape index (κ2) is 13.7. The molecule has 0 atom stereocenters. The largest absolute Gasteiger partial charge is 0.490 e. The lowest BCUT2D eigenvalue weighted by atomic mass is 10.2. The molecule has 9 nitrogen and oxygen atoms in total. The van der Waals surface area contributed by atoms with Gasteiger partial charge in [-0.15, -0.1) is 0 Å². The van der Waals surface area contributed by atoms with Crippen molar-refractivity contribution in [1.29, 1.82) is 0 Å². The molecule has 0 unspecified atom stereocenters. The number of ether oxygens (including phenoxy) is 3. The topological polar surface area (TPSA) is 107 Å². The standard InChI is InChI=1S/C31H31N3O6S/c1-5-38-26-16-21(12-15-25(26)40-19-28(35)32-23-13-10-20(3)11-14-23)17-27-29(36)34(4)31(41-27)33-24-9-7-8-22(18-24)30(37)39-6-2/h7-18H,5-6,19H2,1-4H3,(H,32,35). The monoisotopic (exact) mass is 573 g/mol. The van der Waals surface area contributed by atoms with Crippen LogP contribution in [-0.2, 0) is 14.3 Å². The molecule has 1 heterocycles. The van der Waals surface area contributed by atoms with Crippen molar-refractivity contribution in [2.45, 2.75) is 20.8 Å². The Morgan fingerprint density at radius 2 is 1.76 bits per heavy atom. The van der Waals surface area contributed by atoms with Gasteiger partial charge in [-0.25, -0.2) is 9.79 Å². The number of hydrogen-bond donors (Lipinski definition) is 1. The normalized spacial score (nSPS) is 14.8. The van der Waals surface area contributed by atoms with Crippen molar-refractivity contribution in [3.05, 3.63) is 88.3 Å². The lowest BCUT2D eigenvalue weighted by Gasteiger charge is -2.13. The first-order valence-electron chi connectivity index (χ1n) is 13.1. The molecule has 212 valence electrons. The maximum absolute atomic E-state index is 13.0. The number of carbonyl (C=O) groups is 3. The predicted octanol–water partition coefficient (Wildman–Crippen LogP) is 5.82. The Labute approximate surface area is 243 Å². The maximum atomic E-state index is 13.0. The fourth-order valence-electron chi connectivity index (χ4n) is 3.81. The number of anilines is 1. The highest BCUT2D eigenvalue weighted by Crippen LogP contribution is 2.35. The van der Waals surface area contributed by atoms with E-state index in [2.05, 4.69) is 10.3 Å². The molecule has 1 saturated heterocycles. The number of nitrogens with zero attached hydrogens (tertiary/aromatic N) is 2. The number of likely N-dealkylation sites (N-methyl/N-ethyl adjacent to an activating group) is 1. The van der Waals surface area contributed by atoms with Crippen LogP contribution < -0.4 is 14.8 Å². The van der Waals surface area contributed by atoms with Gasteiger partial charge >= 0.3 is 5.97 Å². The molecule has 0 saturated carbocycles. The molecule has 3 aromatic carbocycles. The minimum atomic E-state index is -0.428. The predicted molar refractivity (Wildman–Crippen MR) is 161 cm³/mol. The van der Waals surface area contributed by atoms with E-state index in [4.69, 9.17) is 14.2 Å². The second-order valence-electron chi connectivity index (χ2n) is 8.98. The Bertz CT molecular complexity index is 1500. The van der Waals surface area contributed by atoms with Crippen LogP contribution >= 0.6 is 11.8 Å². The van der Waals surface area contributed by atoms with Crippen molar-refractivity contribution in [2.24, 2.45) is 4.99 Å². The van der Waals surface area contributed by atoms with Gasteiger partial charge in [0.25, 0.3) is 11.8 Å². The van der Waals surface area contributed by atoms with Crippen LogP contribution in [0.1, 0.15) is 35.3 Å². The fourth-order valence-corrected chi connectivity index (χ4v) is 4.80. The first-order chi connectivity index (χ1) is 19.8. The number of carbonyl (C=O) groups excluding carboxylic acids is 3. The highest BCUT2D eigenvalue weighted by Gasteiger charge is 2.30. The molecule has 1 aliphatic rings. The maximum Gasteiger partial charge on any atom is 0.338 e. The Hall–Kier alpha value is -4.57. The first kappa shape index (κ1) is 29.4. The highest BCUT2D eigenvalue weighted by atomic mass is 32.2. The number of thioether (sulfide) groups is 1. The molecule has 10 heteroatoms. The van der Waals surface area contributed by atoms with Crippen LogP contribution in [0.15, 0.2) is 76.6 Å². The molecule has 2 amide bonds.